The average Bonchev–Trinajstić information content (AvgIpc) is 3.04. The van der Waals surface area contributed by atoms with Crippen LogP contribution >= 0.6 is 0 Å². The monoisotopic (exact) mass is 390 g/mol. The van der Waals surface area contributed by atoms with Crippen LogP contribution in [0.15, 0.2) is 66.7 Å². The van der Waals surface area contributed by atoms with Gasteiger partial charge >= 0.3 is 0 Å². The standard InChI is InChI=1S/C23H26N4O2/c1-16(2)23(29)24-14-21-25-19-12-8-9-13-20(19)26(21)15-22(28)27(17(3)4)18-10-6-5-7-11-18/h5-13,17H,1,14-15H2,2-4H3,(H,24,29). The summed E-state index contributed by atoms with van der Waals surface area (Å²) < 4.78 is 1.87. The summed E-state index contributed by atoms with van der Waals surface area (Å²) in [6.07, 6.45) is 0. The summed E-state index contributed by atoms with van der Waals surface area (Å²) >= 11 is 0. The van der Waals surface area contributed by atoms with Crippen LogP contribution in [-0.4, -0.2) is 27.4 Å². The number of para-hydroxylation sites is 3. The summed E-state index contributed by atoms with van der Waals surface area (Å²) in [6.45, 7) is 9.65. The highest BCUT2D eigenvalue weighted by Gasteiger charge is 2.22. The van der Waals surface area contributed by atoms with E-state index in [0.29, 0.717) is 11.4 Å². The summed E-state index contributed by atoms with van der Waals surface area (Å²) in [5, 5.41) is 2.81. The molecular formula is C23H26N4O2. The predicted molar refractivity (Wildman–Crippen MR) is 115 cm³/mol. The smallest absolute Gasteiger partial charge is 0.247 e. The third kappa shape index (κ3) is 4.54. The van der Waals surface area contributed by atoms with Crippen LogP contribution in [0.4, 0.5) is 5.69 Å². The van der Waals surface area contributed by atoms with Gasteiger partial charge in [0.25, 0.3) is 0 Å². The van der Waals surface area contributed by atoms with Crippen molar-refractivity contribution in [2.24, 2.45) is 0 Å². The lowest BCUT2D eigenvalue weighted by atomic mass is 10.2. The molecule has 3 aromatic rings. The van der Waals surface area contributed by atoms with E-state index in [1.807, 2.05) is 73.0 Å². The Labute approximate surface area is 170 Å². The molecule has 0 unspecified atom stereocenters. The van der Waals surface area contributed by atoms with Crippen LogP contribution in [0.3, 0.4) is 0 Å². The maximum atomic E-state index is 13.3. The Morgan fingerprint density at radius 3 is 2.41 bits per heavy atom. The fraction of sp³-hybridized carbons (Fsp3) is 0.261. The quantitative estimate of drug-likeness (QED) is 0.626. The molecule has 2 amide bonds. The number of nitrogens with zero attached hydrogens (tertiary/aromatic N) is 3. The maximum Gasteiger partial charge on any atom is 0.247 e. The third-order valence-electron chi connectivity index (χ3n) is 4.64. The van der Waals surface area contributed by atoms with E-state index in [0.717, 1.165) is 16.7 Å². The highest BCUT2D eigenvalue weighted by Crippen LogP contribution is 2.20. The van der Waals surface area contributed by atoms with Crippen molar-refractivity contribution in [3.05, 3.63) is 72.6 Å². The van der Waals surface area contributed by atoms with Crippen molar-refractivity contribution >= 4 is 28.5 Å². The Hall–Kier alpha value is -3.41. The summed E-state index contributed by atoms with van der Waals surface area (Å²) in [6, 6.07) is 17.3. The number of hydrogen-bond donors (Lipinski definition) is 1. The lowest BCUT2D eigenvalue weighted by Gasteiger charge is -2.27. The van der Waals surface area contributed by atoms with Gasteiger partial charge in [0.15, 0.2) is 0 Å². The minimum absolute atomic E-state index is 0.00579. The molecular weight excluding hydrogens is 364 g/mol. The molecule has 1 heterocycles. The molecule has 3 rings (SSSR count). The number of carbonyl (C=O) groups excluding carboxylic acids is 2. The Morgan fingerprint density at radius 2 is 1.76 bits per heavy atom. The number of hydrogen-bond acceptors (Lipinski definition) is 3. The second kappa shape index (κ2) is 8.73. The first-order valence-corrected chi connectivity index (χ1v) is 9.63. The first-order chi connectivity index (χ1) is 13.9. The van der Waals surface area contributed by atoms with E-state index in [1.165, 1.54) is 0 Å². The van der Waals surface area contributed by atoms with Gasteiger partial charge in [-0.3, -0.25) is 9.59 Å². The molecule has 1 aromatic heterocycles. The average molecular weight is 390 g/mol. The highest BCUT2D eigenvalue weighted by molar-refractivity contribution is 5.95. The van der Waals surface area contributed by atoms with Gasteiger partial charge in [0.1, 0.15) is 12.4 Å². The number of fused-ring (bicyclic) bond motifs is 1. The van der Waals surface area contributed by atoms with Gasteiger partial charge in [-0.05, 0) is 45.0 Å². The SMILES string of the molecule is C=C(C)C(=O)NCc1nc2ccccc2n1CC(=O)N(c1ccccc1)C(C)C. The van der Waals surface area contributed by atoms with Crippen LogP contribution < -0.4 is 10.2 Å². The normalized spacial score (nSPS) is 10.9. The molecule has 0 aliphatic carbocycles. The Kier molecular flexibility index (Phi) is 6.12. The minimum Gasteiger partial charge on any atom is -0.345 e. The molecule has 0 radical (unpaired) electrons. The van der Waals surface area contributed by atoms with Crippen LogP contribution in [0.2, 0.25) is 0 Å². The van der Waals surface area contributed by atoms with Crippen molar-refractivity contribution in [3.63, 3.8) is 0 Å². The minimum atomic E-state index is -0.233. The van der Waals surface area contributed by atoms with Crippen molar-refractivity contribution in [1.29, 1.82) is 0 Å². The van der Waals surface area contributed by atoms with Crippen molar-refractivity contribution < 1.29 is 9.59 Å². The van der Waals surface area contributed by atoms with Crippen molar-refractivity contribution in [1.82, 2.24) is 14.9 Å². The molecule has 0 aliphatic rings. The van der Waals surface area contributed by atoms with Gasteiger partial charge in [-0.1, -0.05) is 36.9 Å². The number of aromatic nitrogens is 2. The number of imidazole rings is 1. The fourth-order valence-electron chi connectivity index (χ4n) is 3.28. The van der Waals surface area contributed by atoms with Gasteiger partial charge in [0.2, 0.25) is 11.8 Å². The molecule has 2 aromatic carbocycles. The van der Waals surface area contributed by atoms with Crippen LogP contribution in [-0.2, 0) is 22.7 Å². The first-order valence-electron chi connectivity index (χ1n) is 9.63. The molecule has 6 heteroatoms. The van der Waals surface area contributed by atoms with Crippen LogP contribution in [0.1, 0.15) is 26.6 Å². The Morgan fingerprint density at radius 1 is 1.10 bits per heavy atom. The zero-order valence-corrected chi connectivity index (χ0v) is 17.1. The highest BCUT2D eigenvalue weighted by atomic mass is 16.2. The van der Waals surface area contributed by atoms with E-state index < -0.39 is 0 Å². The summed E-state index contributed by atoms with van der Waals surface area (Å²) in [4.78, 5) is 31.6. The van der Waals surface area contributed by atoms with Gasteiger partial charge in [-0.15, -0.1) is 0 Å². The largest absolute Gasteiger partial charge is 0.345 e. The van der Waals surface area contributed by atoms with Gasteiger partial charge < -0.3 is 14.8 Å². The van der Waals surface area contributed by atoms with E-state index >= 15 is 0 Å². The summed E-state index contributed by atoms with van der Waals surface area (Å²) in [5.74, 6) is 0.357. The summed E-state index contributed by atoms with van der Waals surface area (Å²) in [7, 11) is 0. The zero-order chi connectivity index (χ0) is 21.0. The van der Waals surface area contributed by atoms with Gasteiger partial charge in [0.05, 0.1) is 17.6 Å². The maximum absolute atomic E-state index is 13.3. The molecule has 0 aliphatic heterocycles. The molecule has 1 N–H and O–H groups in total. The van der Waals surface area contributed by atoms with E-state index in [1.54, 1.807) is 11.8 Å². The van der Waals surface area contributed by atoms with Crippen molar-refractivity contribution in [2.45, 2.75) is 39.9 Å². The number of amides is 2. The second-order valence-electron chi connectivity index (χ2n) is 7.26. The predicted octanol–water partition coefficient (Wildman–Crippen LogP) is 3.67. The van der Waals surface area contributed by atoms with E-state index in [-0.39, 0.29) is 30.9 Å². The topological polar surface area (TPSA) is 67.2 Å². The molecule has 0 saturated carbocycles. The Balaban J connectivity index is 1.93. The Bertz CT molecular complexity index is 1040. The number of nitrogens with one attached hydrogen (secondary N) is 1. The molecule has 150 valence electrons. The van der Waals surface area contributed by atoms with Gasteiger partial charge in [0, 0.05) is 17.3 Å². The molecule has 29 heavy (non-hydrogen) atoms. The molecule has 6 nitrogen and oxygen atoms in total. The van der Waals surface area contributed by atoms with Crippen LogP contribution in [0.25, 0.3) is 11.0 Å². The molecule has 0 spiro atoms. The van der Waals surface area contributed by atoms with E-state index in [2.05, 4.69) is 16.9 Å². The first kappa shape index (κ1) is 20.3. The van der Waals surface area contributed by atoms with Crippen molar-refractivity contribution in [3.8, 4) is 0 Å². The van der Waals surface area contributed by atoms with Crippen LogP contribution in [0, 0.1) is 0 Å². The molecule has 0 bridgehead atoms. The van der Waals surface area contributed by atoms with Gasteiger partial charge in [-0.2, -0.15) is 0 Å². The molecule has 0 fully saturated rings. The third-order valence-corrected chi connectivity index (χ3v) is 4.64. The molecule has 0 saturated heterocycles. The lowest BCUT2D eigenvalue weighted by Crippen LogP contribution is -2.39. The van der Waals surface area contributed by atoms with Crippen LogP contribution in [0.5, 0.6) is 0 Å². The molecule has 0 atom stereocenters. The van der Waals surface area contributed by atoms with E-state index in [9.17, 15) is 9.59 Å². The lowest BCUT2D eigenvalue weighted by molar-refractivity contribution is -0.119. The van der Waals surface area contributed by atoms with E-state index in [4.69, 9.17) is 0 Å². The fourth-order valence-corrected chi connectivity index (χ4v) is 3.28. The summed E-state index contributed by atoms with van der Waals surface area (Å²) in [5.41, 5.74) is 2.93. The van der Waals surface area contributed by atoms with Crippen molar-refractivity contribution in [2.75, 3.05) is 4.90 Å². The number of carbonyl (C=O) groups is 2. The number of anilines is 1. The second-order valence-corrected chi connectivity index (χ2v) is 7.26. The number of benzene rings is 2. The van der Waals surface area contributed by atoms with Gasteiger partial charge in [-0.25, -0.2) is 4.98 Å². The number of rotatable bonds is 7. The zero-order valence-electron chi connectivity index (χ0n) is 17.1.